The van der Waals surface area contributed by atoms with Crippen LogP contribution in [0.25, 0.3) is 10.9 Å². The van der Waals surface area contributed by atoms with Crippen molar-refractivity contribution in [1.82, 2.24) is 20.3 Å². The van der Waals surface area contributed by atoms with Crippen LogP contribution in [0.15, 0.2) is 48.8 Å². The summed E-state index contributed by atoms with van der Waals surface area (Å²) in [6.07, 6.45) is 3.61. The van der Waals surface area contributed by atoms with E-state index in [1.807, 2.05) is 32.9 Å². The molecule has 0 unspecified atom stereocenters. The van der Waals surface area contributed by atoms with Crippen LogP contribution in [0.3, 0.4) is 0 Å². The van der Waals surface area contributed by atoms with Gasteiger partial charge in [-0.15, -0.1) is 0 Å². The zero-order valence-electron chi connectivity index (χ0n) is 19.2. The highest BCUT2D eigenvalue weighted by atomic mass is 16.4. The molecule has 0 fully saturated rings. The number of carbonyl (C=O) groups is 2. The number of aromatic nitrogens is 3. The van der Waals surface area contributed by atoms with Gasteiger partial charge in [0.2, 0.25) is 0 Å². The lowest BCUT2D eigenvalue weighted by atomic mass is 10.0. The maximum absolute atomic E-state index is 12.8. The second-order valence-corrected chi connectivity index (χ2v) is 8.36. The van der Waals surface area contributed by atoms with Gasteiger partial charge in [-0.25, -0.2) is 9.78 Å². The summed E-state index contributed by atoms with van der Waals surface area (Å²) in [6, 6.07) is 10.6. The molecule has 172 valence electrons. The molecule has 4 N–H and O–H groups in total. The molecule has 8 heteroatoms. The van der Waals surface area contributed by atoms with Crippen molar-refractivity contribution in [2.45, 2.75) is 33.7 Å². The molecule has 4 aromatic rings. The first-order chi connectivity index (χ1) is 16.2. The number of nitrogens with zero attached hydrogens (tertiary/aromatic N) is 3. The predicted octanol–water partition coefficient (Wildman–Crippen LogP) is 3.75. The first-order valence-corrected chi connectivity index (χ1v) is 10.8. The number of nitrogens with one attached hydrogen (secondary N) is 1. The molecule has 0 radical (unpaired) electrons. The van der Waals surface area contributed by atoms with E-state index in [9.17, 15) is 14.7 Å². The van der Waals surface area contributed by atoms with E-state index in [-0.39, 0.29) is 11.5 Å². The number of anilines is 1. The molecule has 0 spiro atoms. The van der Waals surface area contributed by atoms with Gasteiger partial charge in [0.25, 0.3) is 5.91 Å². The second kappa shape index (κ2) is 9.27. The third-order valence-corrected chi connectivity index (χ3v) is 5.67. The summed E-state index contributed by atoms with van der Waals surface area (Å²) in [5, 5.41) is 13.3. The summed E-state index contributed by atoms with van der Waals surface area (Å²) in [7, 11) is 0. The summed E-state index contributed by atoms with van der Waals surface area (Å²) in [5.74, 6) is -0.814. The molecule has 1 aromatic carbocycles. The molecule has 0 saturated carbocycles. The van der Waals surface area contributed by atoms with Crippen molar-refractivity contribution in [2.75, 3.05) is 5.73 Å². The van der Waals surface area contributed by atoms with Gasteiger partial charge in [-0.1, -0.05) is 0 Å². The number of pyridine rings is 3. The molecule has 1 amide bonds. The van der Waals surface area contributed by atoms with Gasteiger partial charge < -0.3 is 16.2 Å². The summed E-state index contributed by atoms with van der Waals surface area (Å²) >= 11 is 0. The van der Waals surface area contributed by atoms with Crippen LogP contribution >= 0.6 is 0 Å². The Hall–Kier alpha value is -4.33. The summed E-state index contributed by atoms with van der Waals surface area (Å²) in [4.78, 5) is 37.5. The van der Waals surface area contributed by atoms with Crippen LogP contribution in [0.5, 0.6) is 0 Å². The molecule has 3 aromatic heterocycles. The fraction of sp³-hybridized carbons (Fsp3) is 0.192. The lowest BCUT2D eigenvalue weighted by molar-refractivity contribution is 0.0698. The Morgan fingerprint density at radius 1 is 1.06 bits per heavy atom. The van der Waals surface area contributed by atoms with Crippen LogP contribution in [-0.2, 0) is 13.0 Å². The number of nitrogens with two attached hydrogens (primary N) is 1. The maximum Gasteiger partial charge on any atom is 0.337 e. The first-order valence-electron chi connectivity index (χ1n) is 10.8. The molecule has 0 saturated heterocycles. The van der Waals surface area contributed by atoms with Crippen molar-refractivity contribution in [1.29, 1.82) is 0 Å². The highest BCUT2D eigenvalue weighted by Gasteiger charge is 2.14. The van der Waals surface area contributed by atoms with Crippen LogP contribution in [0.4, 0.5) is 5.82 Å². The minimum Gasteiger partial charge on any atom is -0.478 e. The van der Waals surface area contributed by atoms with Crippen molar-refractivity contribution in [3.63, 3.8) is 0 Å². The normalized spacial score (nSPS) is 10.9. The fourth-order valence-corrected chi connectivity index (χ4v) is 4.04. The van der Waals surface area contributed by atoms with Crippen LogP contribution < -0.4 is 11.1 Å². The van der Waals surface area contributed by atoms with Crippen LogP contribution in [0, 0.1) is 20.8 Å². The topological polar surface area (TPSA) is 131 Å². The van der Waals surface area contributed by atoms with Gasteiger partial charge >= 0.3 is 5.97 Å². The minimum atomic E-state index is -1.04. The lowest BCUT2D eigenvalue weighted by Crippen LogP contribution is -2.24. The summed E-state index contributed by atoms with van der Waals surface area (Å²) in [5.41, 5.74) is 11.9. The van der Waals surface area contributed by atoms with Crippen molar-refractivity contribution >= 4 is 28.6 Å². The largest absolute Gasteiger partial charge is 0.478 e. The summed E-state index contributed by atoms with van der Waals surface area (Å²) < 4.78 is 0. The van der Waals surface area contributed by atoms with E-state index >= 15 is 0 Å². The quantitative estimate of drug-likeness (QED) is 0.403. The number of aromatic carboxylic acids is 1. The minimum absolute atomic E-state index is 0.143. The van der Waals surface area contributed by atoms with Crippen molar-refractivity contribution in [2.24, 2.45) is 0 Å². The number of amides is 1. The van der Waals surface area contributed by atoms with Crippen molar-refractivity contribution < 1.29 is 14.7 Å². The second-order valence-electron chi connectivity index (χ2n) is 8.36. The Bertz CT molecular complexity index is 1410. The molecule has 0 aliphatic carbocycles. The Morgan fingerprint density at radius 3 is 2.59 bits per heavy atom. The number of aryl methyl sites for hydroxylation is 3. The molecule has 4 rings (SSSR count). The van der Waals surface area contributed by atoms with E-state index in [4.69, 9.17) is 5.73 Å². The van der Waals surface area contributed by atoms with E-state index in [0.717, 1.165) is 33.3 Å². The van der Waals surface area contributed by atoms with E-state index in [2.05, 4.69) is 20.3 Å². The molecular formula is C26H25N5O3. The van der Waals surface area contributed by atoms with Gasteiger partial charge in [-0.3, -0.25) is 14.8 Å². The zero-order valence-corrected chi connectivity index (χ0v) is 19.2. The maximum atomic E-state index is 12.8. The van der Waals surface area contributed by atoms with Crippen LogP contribution in [-0.4, -0.2) is 31.9 Å². The number of carboxylic acids is 1. The monoisotopic (exact) mass is 455 g/mol. The molecule has 34 heavy (non-hydrogen) atoms. The Morgan fingerprint density at radius 2 is 1.85 bits per heavy atom. The highest BCUT2D eigenvalue weighted by Crippen LogP contribution is 2.22. The third kappa shape index (κ3) is 4.85. The highest BCUT2D eigenvalue weighted by molar-refractivity contribution is 6.02. The number of hydrogen-bond donors (Lipinski definition) is 3. The number of rotatable bonds is 6. The summed E-state index contributed by atoms with van der Waals surface area (Å²) in [6.45, 7) is 6.04. The Labute approximate surface area is 196 Å². The van der Waals surface area contributed by atoms with E-state index in [1.54, 1.807) is 36.7 Å². The van der Waals surface area contributed by atoms with Gasteiger partial charge in [0.05, 0.1) is 11.1 Å². The first kappa shape index (κ1) is 22.8. The lowest BCUT2D eigenvalue weighted by Gasteiger charge is -2.12. The van der Waals surface area contributed by atoms with Crippen LogP contribution in [0.1, 0.15) is 54.4 Å². The van der Waals surface area contributed by atoms with E-state index in [1.165, 1.54) is 0 Å². The number of benzene rings is 1. The van der Waals surface area contributed by atoms with Crippen molar-refractivity contribution in [3.05, 3.63) is 93.6 Å². The van der Waals surface area contributed by atoms with Gasteiger partial charge in [-0.2, -0.15) is 0 Å². The molecule has 3 heterocycles. The number of nitrogen functional groups attached to an aromatic ring is 1. The van der Waals surface area contributed by atoms with Gasteiger partial charge in [0.1, 0.15) is 5.82 Å². The van der Waals surface area contributed by atoms with E-state index < -0.39 is 5.97 Å². The third-order valence-electron chi connectivity index (χ3n) is 5.67. The van der Waals surface area contributed by atoms with E-state index in [0.29, 0.717) is 35.6 Å². The predicted molar refractivity (Wildman–Crippen MR) is 130 cm³/mol. The smallest absolute Gasteiger partial charge is 0.337 e. The average molecular weight is 456 g/mol. The van der Waals surface area contributed by atoms with Gasteiger partial charge in [-0.05, 0) is 79.4 Å². The molecule has 8 nitrogen and oxygen atoms in total. The van der Waals surface area contributed by atoms with Crippen LogP contribution in [0.2, 0.25) is 0 Å². The number of carbonyl (C=O) groups excluding carboxylic acids is 1. The number of fused-ring (bicyclic) bond motifs is 1. The zero-order chi connectivity index (χ0) is 24.4. The fourth-order valence-electron chi connectivity index (χ4n) is 4.04. The number of carboxylic acid groups (broad SMARTS) is 1. The van der Waals surface area contributed by atoms with Gasteiger partial charge in [0, 0.05) is 47.7 Å². The molecular weight excluding hydrogens is 430 g/mol. The molecule has 0 bridgehead atoms. The average Bonchev–Trinajstić information content (AvgIpc) is 2.77. The van der Waals surface area contributed by atoms with Crippen molar-refractivity contribution in [3.8, 4) is 0 Å². The molecule has 0 aliphatic rings. The Kier molecular flexibility index (Phi) is 6.23. The number of hydrogen-bond acceptors (Lipinski definition) is 6. The van der Waals surface area contributed by atoms with Gasteiger partial charge in [0.15, 0.2) is 0 Å². The SMILES string of the molecule is Cc1cnc2c(C(=O)O)cc(Cc3cc(C(=O)NCc4c(C)cc(N)nc4C)ccn3)cc2c1. The molecule has 0 aliphatic heterocycles. The molecule has 0 atom stereocenters. The Balaban J connectivity index is 1.55. The standard InChI is InChI=1S/C26H25N5O3/c1-14-6-19-8-17(10-21(26(33)34)24(19)29-12-14)9-20-11-18(4-5-28-20)25(32)30-13-22-15(2)7-23(27)31-16(22)3/h4-8,10-12H,9,13H2,1-3H3,(H2,27,31)(H,30,32)(H,33,34).